The van der Waals surface area contributed by atoms with Crippen molar-refractivity contribution in [2.75, 3.05) is 42.5 Å². The molecule has 1 aliphatic heterocycles. The molecule has 3 heterocycles. The smallest absolute Gasteiger partial charge is 0.245 e. The fourth-order valence-electron chi connectivity index (χ4n) is 7.29. The van der Waals surface area contributed by atoms with Crippen molar-refractivity contribution in [3.05, 3.63) is 94.1 Å². The maximum absolute atomic E-state index is 14.3. The molecule has 0 fully saturated rings. The molecule has 0 spiro atoms. The maximum atomic E-state index is 14.3. The number of thiazole rings is 1. The Bertz CT molecular complexity index is 2370. The van der Waals surface area contributed by atoms with Crippen molar-refractivity contribution >= 4 is 57.6 Å². The second-order valence-electron chi connectivity index (χ2n) is 12.6. The average Bonchev–Trinajstić information content (AvgIpc) is 3.75. The zero-order valence-corrected chi connectivity index (χ0v) is 28.6. The van der Waals surface area contributed by atoms with Crippen LogP contribution in [0.15, 0.2) is 72.5 Å². The van der Waals surface area contributed by atoms with Crippen LogP contribution in [0.5, 0.6) is 11.5 Å². The molecule has 8 rings (SSSR count). The van der Waals surface area contributed by atoms with Crippen molar-refractivity contribution in [3.8, 4) is 33.9 Å². The van der Waals surface area contributed by atoms with Gasteiger partial charge in [-0.25, -0.2) is 15.0 Å². The lowest BCUT2D eigenvalue weighted by Gasteiger charge is -2.42. The molecule has 50 heavy (non-hydrogen) atoms. The summed E-state index contributed by atoms with van der Waals surface area (Å²) in [5.41, 5.74) is 4.29. The minimum atomic E-state index is -1.15. The average molecular weight is 685 g/mol. The molecule has 2 aromatic heterocycles. The van der Waals surface area contributed by atoms with Crippen LogP contribution >= 0.6 is 11.3 Å². The minimum absolute atomic E-state index is 0.00572. The zero-order valence-electron chi connectivity index (χ0n) is 27.8. The van der Waals surface area contributed by atoms with E-state index in [1.165, 1.54) is 17.7 Å². The van der Waals surface area contributed by atoms with E-state index >= 15 is 0 Å². The van der Waals surface area contributed by atoms with E-state index in [0.29, 0.717) is 39.4 Å². The third-order valence-electron chi connectivity index (χ3n) is 9.77. The number of aromatic nitrogens is 3. The molecule has 2 aliphatic carbocycles. The highest BCUT2D eigenvalue weighted by Gasteiger charge is 2.50. The molecule has 3 aromatic carbocycles. The van der Waals surface area contributed by atoms with Crippen LogP contribution in [0.2, 0.25) is 0 Å². The molecule has 0 radical (unpaired) electrons. The van der Waals surface area contributed by atoms with Crippen LogP contribution in [0.4, 0.5) is 16.6 Å². The van der Waals surface area contributed by atoms with Gasteiger partial charge in [0.1, 0.15) is 17.6 Å². The number of amides is 1. The Morgan fingerprint density at radius 1 is 1.02 bits per heavy atom. The molecule has 250 valence electrons. The van der Waals surface area contributed by atoms with Crippen molar-refractivity contribution in [1.29, 1.82) is 0 Å². The van der Waals surface area contributed by atoms with E-state index in [4.69, 9.17) is 9.47 Å². The molecule has 11 nitrogen and oxygen atoms in total. The number of fused-ring (bicyclic) bond motifs is 6. The van der Waals surface area contributed by atoms with Gasteiger partial charge in [-0.1, -0.05) is 49.4 Å². The van der Waals surface area contributed by atoms with Crippen molar-refractivity contribution in [2.45, 2.75) is 19.4 Å². The Balaban J connectivity index is 1.09. The van der Waals surface area contributed by atoms with Gasteiger partial charge < -0.3 is 24.6 Å². The number of methoxy groups -OCH3 is 2. The first kappa shape index (κ1) is 31.4. The van der Waals surface area contributed by atoms with Crippen LogP contribution in [0.1, 0.15) is 29.8 Å². The van der Waals surface area contributed by atoms with E-state index in [1.54, 1.807) is 26.5 Å². The second-order valence-corrected chi connectivity index (χ2v) is 13.4. The normalized spacial score (nSPS) is 18.7. The molecule has 1 amide bonds. The summed E-state index contributed by atoms with van der Waals surface area (Å²) in [6.45, 7) is 3.98. The summed E-state index contributed by atoms with van der Waals surface area (Å²) in [7, 11) is 3.16. The highest BCUT2D eigenvalue weighted by molar-refractivity contribution is 7.14. The lowest BCUT2D eigenvalue weighted by Crippen LogP contribution is -2.59. The number of carbonyl (C=O) groups excluding carboxylic acids is 3. The molecule has 3 aliphatic rings. The number of hydrogen-bond donors (Lipinski definition) is 1. The third kappa shape index (κ3) is 4.85. The van der Waals surface area contributed by atoms with Crippen LogP contribution in [-0.2, 0) is 15.1 Å². The number of hydrogen-bond acceptors (Lipinski definition) is 11. The number of anilines is 3. The molecular weight excluding hydrogens is 653 g/mol. The Morgan fingerprint density at radius 3 is 2.62 bits per heavy atom. The molecule has 0 saturated carbocycles. The van der Waals surface area contributed by atoms with E-state index in [0.717, 1.165) is 32.7 Å². The van der Waals surface area contributed by atoms with E-state index in [-0.39, 0.29) is 30.7 Å². The van der Waals surface area contributed by atoms with Crippen molar-refractivity contribution in [3.63, 3.8) is 0 Å². The van der Waals surface area contributed by atoms with E-state index in [1.807, 2.05) is 89.7 Å². The largest absolute Gasteiger partial charge is 0.493 e. The van der Waals surface area contributed by atoms with Crippen LogP contribution in [0, 0.1) is 5.92 Å². The van der Waals surface area contributed by atoms with Crippen LogP contribution < -0.4 is 35.0 Å². The summed E-state index contributed by atoms with van der Waals surface area (Å²) in [4.78, 5) is 58.3. The summed E-state index contributed by atoms with van der Waals surface area (Å²) in [5.74, 6) is 0.964. The molecule has 2 unspecified atom stereocenters. The maximum Gasteiger partial charge on any atom is 0.245 e. The standard InChI is InChI=1S/C38H32N6O5S/c1-21-13-27-26-15-31(45)25-8-6-5-7-23(25)24(26)10-11-28(27)38(2,35(21)47)44-20-43(30-16-39-19-40-36(30)44)17-34(46)42-37-41-29(18-50-37)22-9-12-32(48-3)33(14-22)49-4/h5-16,18-19,21H,17,20H2,1-4H3,(H,41,42,46). The van der Waals surface area contributed by atoms with Gasteiger partial charge in [0, 0.05) is 22.4 Å². The summed E-state index contributed by atoms with van der Waals surface area (Å²) in [6.07, 6.45) is 6.76. The van der Waals surface area contributed by atoms with Crippen LogP contribution in [0.3, 0.4) is 0 Å². The number of rotatable bonds is 7. The van der Waals surface area contributed by atoms with E-state index in [9.17, 15) is 14.4 Å². The van der Waals surface area contributed by atoms with Gasteiger partial charge in [0.05, 0.1) is 39.3 Å². The van der Waals surface area contributed by atoms with E-state index < -0.39 is 11.5 Å². The number of nitrogens with zero attached hydrogens (tertiary/aromatic N) is 5. The molecule has 5 aromatic rings. The molecule has 12 heteroatoms. The summed E-state index contributed by atoms with van der Waals surface area (Å²) in [6, 6.07) is 17.1. The number of carbonyl (C=O) groups is 3. The van der Waals surface area contributed by atoms with Gasteiger partial charge >= 0.3 is 0 Å². The van der Waals surface area contributed by atoms with Gasteiger partial charge in [-0.15, -0.1) is 11.3 Å². The van der Waals surface area contributed by atoms with Crippen molar-refractivity contribution in [1.82, 2.24) is 15.0 Å². The van der Waals surface area contributed by atoms with Gasteiger partial charge in [0.2, 0.25) is 5.91 Å². The SMILES string of the molecule is COc1ccc(-c2csc(NC(=O)CN3CN(C4(C)C(=O)C(C)C=c5c4ccc4c5=CC(=O)c5ccccc5-4)c4ncncc43)n2)cc1OC. The van der Waals surface area contributed by atoms with Crippen molar-refractivity contribution in [2.24, 2.45) is 5.92 Å². The molecular formula is C38H32N6O5S. The van der Waals surface area contributed by atoms with Crippen LogP contribution in [-0.4, -0.2) is 59.9 Å². The molecule has 0 saturated heterocycles. The first-order valence-electron chi connectivity index (χ1n) is 16.1. The fraction of sp³-hybridized carbons (Fsp3) is 0.211. The highest BCUT2D eigenvalue weighted by Crippen LogP contribution is 2.44. The minimum Gasteiger partial charge on any atom is -0.493 e. The lowest BCUT2D eigenvalue weighted by molar-refractivity contribution is -0.126. The molecule has 1 N–H and O–H groups in total. The van der Waals surface area contributed by atoms with Gasteiger partial charge in [-0.05, 0) is 58.3 Å². The monoisotopic (exact) mass is 684 g/mol. The predicted molar refractivity (Wildman–Crippen MR) is 192 cm³/mol. The third-order valence-corrected chi connectivity index (χ3v) is 10.5. The van der Waals surface area contributed by atoms with Gasteiger partial charge in [0.25, 0.3) is 0 Å². The Morgan fingerprint density at radius 2 is 1.82 bits per heavy atom. The van der Waals surface area contributed by atoms with Gasteiger partial charge in [-0.3, -0.25) is 14.4 Å². The van der Waals surface area contributed by atoms with Gasteiger partial charge in [0.15, 0.2) is 34.0 Å². The Kier molecular flexibility index (Phi) is 7.48. The van der Waals surface area contributed by atoms with Crippen molar-refractivity contribution < 1.29 is 23.9 Å². The molecule has 0 bridgehead atoms. The summed E-state index contributed by atoms with van der Waals surface area (Å²) in [5, 5.41) is 6.91. The summed E-state index contributed by atoms with van der Waals surface area (Å²) >= 11 is 1.32. The number of nitrogens with one attached hydrogen (secondary N) is 1. The lowest BCUT2D eigenvalue weighted by atomic mass is 9.73. The van der Waals surface area contributed by atoms with E-state index in [2.05, 4.69) is 20.3 Å². The van der Waals surface area contributed by atoms with Gasteiger partial charge in [-0.2, -0.15) is 0 Å². The van der Waals surface area contributed by atoms with Crippen LogP contribution in [0.25, 0.3) is 34.5 Å². The highest BCUT2D eigenvalue weighted by atomic mass is 32.1. The first-order chi connectivity index (χ1) is 24.2. The zero-order chi connectivity index (χ0) is 34.7. The summed E-state index contributed by atoms with van der Waals surface area (Å²) < 4.78 is 10.8. The Labute approximate surface area is 291 Å². The topological polar surface area (TPSA) is 127 Å². The quantitative estimate of drug-likeness (QED) is 0.264. The predicted octanol–water partition coefficient (Wildman–Crippen LogP) is 4.40. The number of Topliss-reactive ketones (excluding diaryl/α,β-unsaturated/α-hetero) is 2. The number of benzene rings is 3. The second kappa shape index (κ2) is 11.9. The number of ether oxygens (including phenoxy) is 2. The molecule has 2 atom stereocenters. The Hall–Kier alpha value is -5.88. The number of ketones is 2. The first-order valence-corrected chi connectivity index (χ1v) is 16.9. The fourth-order valence-corrected chi connectivity index (χ4v) is 8.03.